The molecule has 1 N–H and O–H groups in total. The zero-order valence-corrected chi connectivity index (χ0v) is 17.9. The summed E-state index contributed by atoms with van der Waals surface area (Å²) in [7, 11) is 0. The third-order valence-corrected chi connectivity index (χ3v) is 7.60. The van der Waals surface area contributed by atoms with Crippen LogP contribution in [0.2, 0.25) is 0 Å². The molecule has 1 amide bonds. The molecule has 1 saturated carbocycles. The SMILES string of the molecule is C[C@H]1[C@@H](NC(=O)CN2CCN(Cc3nc4ccccc4s3)CC2)CCC[C@@H]1C. The number of nitrogens with one attached hydrogen (secondary N) is 1. The molecule has 1 aliphatic heterocycles. The highest BCUT2D eigenvalue weighted by atomic mass is 32.1. The van der Waals surface area contributed by atoms with Crippen LogP contribution in [0.5, 0.6) is 0 Å². The van der Waals surface area contributed by atoms with Crippen LogP contribution in [0.15, 0.2) is 24.3 Å². The highest BCUT2D eigenvalue weighted by Crippen LogP contribution is 2.29. The average Bonchev–Trinajstić information content (AvgIpc) is 3.09. The second-order valence-corrected chi connectivity index (χ2v) is 9.68. The first-order chi connectivity index (χ1) is 13.6. The Hall–Kier alpha value is -1.50. The normalized spacial score (nSPS) is 27.1. The summed E-state index contributed by atoms with van der Waals surface area (Å²) in [6, 6.07) is 8.70. The molecule has 4 rings (SSSR count). The van der Waals surface area contributed by atoms with Gasteiger partial charge in [0.1, 0.15) is 5.01 Å². The summed E-state index contributed by atoms with van der Waals surface area (Å²) in [5.41, 5.74) is 1.10. The molecule has 0 unspecified atom stereocenters. The van der Waals surface area contributed by atoms with E-state index in [9.17, 15) is 4.79 Å². The molecule has 2 fully saturated rings. The number of nitrogens with zero attached hydrogens (tertiary/aromatic N) is 3. The highest BCUT2D eigenvalue weighted by molar-refractivity contribution is 7.18. The van der Waals surface area contributed by atoms with E-state index in [0.717, 1.165) is 44.7 Å². The van der Waals surface area contributed by atoms with Gasteiger partial charge in [0.05, 0.1) is 23.3 Å². The Bertz CT molecular complexity index is 766. The van der Waals surface area contributed by atoms with Crippen molar-refractivity contribution >= 4 is 27.5 Å². The molecule has 1 aliphatic carbocycles. The second kappa shape index (κ2) is 8.89. The summed E-state index contributed by atoms with van der Waals surface area (Å²) in [6.07, 6.45) is 3.66. The van der Waals surface area contributed by atoms with Crippen molar-refractivity contribution in [3.8, 4) is 0 Å². The maximum Gasteiger partial charge on any atom is 0.234 e. The molecule has 2 aliphatic rings. The van der Waals surface area contributed by atoms with Crippen molar-refractivity contribution in [3.63, 3.8) is 0 Å². The number of carbonyl (C=O) groups is 1. The standard InChI is InChI=1S/C22H32N4OS/c1-16-6-5-8-18(17(16)2)23-21(27)14-25-10-12-26(13-11-25)15-22-24-19-7-3-4-9-20(19)28-22/h3-4,7,9,16-18H,5-6,8,10-15H2,1-2H3,(H,23,27)/t16-,17+,18-/m0/s1. The number of para-hydroxylation sites is 1. The minimum atomic E-state index is 0.200. The molecule has 1 aromatic heterocycles. The molecule has 0 spiro atoms. The number of hydrogen-bond acceptors (Lipinski definition) is 5. The first-order valence-corrected chi connectivity index (χ1v) is 11.5. The Morgan fingerprint density at radius 1 is 1.14 bits per heavy atom. The molecule has 1 saturated heterocycles. The van der Waals surface area contributed by atoms with E-state index in [4.69, 9.17) is 4.98 Å². The molecule has 2 aromatic rings. The van der Waals surface area contributed by atoms with Crippen LogP contribution in [0.25, 0.3) is 10.2 Å². The first kappa shape index (κ1) is 19.8. The number of benzene rings is 1. The van der Waals surface area contributed by atoms with E-state index in [-0.39, 0.29) is 5.91 Å². The van der Waals surface area contributed by atoms with E-state index < -0.39 is 0 Å². The smallest absolute Gasteiger partial charge is 0.234 e. The van der Waals surface area contributed by atoms with Gasteiger partial charge in [0.15, 0.2) is 0 Å². The van der Waals surface area contributed by atoms with Gasteiger partial charge in [0.2, 0.25) is 5.91 Å². The molecule has 1 aromatic carbocycles. The van der Waals surface area contributed by atoms with Crippen molar-refractivity contribution in [1.82, 2.24) is 20.1 Å². The van der Waals surface area contributed by atoms with Gasteiger partial charge in [-0.15, -0.1) is 11.3 Å². The van der Waals surface area contributed by atoms with Crippen molar-refractivity contribution in [3.05, 3.63) is 29.3 Å². The van der Waals surface area contributed by atoms with Crippen LogP contribution in [0.3, 0.4) is 0 Å². The fourth-order valence-electron chi connectivity index (χ4n) is 4.53. The van der Waals surface area contributed by atoms with E-state index in [0.29, 0.717) is 24.4 Å². The van der Waals surface area contributed by atoms with Gasteiger partial charge in [-0.3, -0.25) is 14.6 Å². The zero-order valence-electron chi connectivity index (χ0n) is 17.1. The predicted molar refractivity (Wildman–Crippen MR) is 115 cm³/mol. The number of aromatic nitrogens is 1. The van der Waals surface area contributed by atoms with Crippen LogP contribution < -0.4 is 5.32 Å². The van der Waals surface area contributed by atoms with Crippen LogP contribution in [0.4, 0.5) is 0 Å². The third kappa shape index (κ3) is 4.73. The van der Waals surface area contributed by atoms with Gasteiger partial charge in [-0.25, -0.2) is 4.98 Å². The lowest BCUT2D eigenvalue weighted by Crippen LogP contribution is -2.51. The van der Waals surface area contributed by atoms with Crippen LogP contribution >= 0.6 is 11.3 Å². The summed E-state index contributed by atoms with van der Waals surface area (Å²) < 4.78 is 1.26. The fourth-order valence-corrected chi connectivity index (χ4v) is 5.54. The van der Waals surface area contributed by atoms with Gasteiger partial charge >= 0.3 is 0 Å². The maximum atomic E-state index is 12.5. The lowest BCUT2D eigenvalue weighted by molar-refractivity contribution is -0.124. The van der Waals surface area contributed by atoms with Gasteiger partial charge < -0.3 is 5.32 Å². The molecule has 5 nitrogen and oxygen atoms in total. The fraction of sp³-hybridized carbons (Fsp3) is 0.636. The van der Waals surface area contributed by atoms with Crippen molar-refractivity contribution in [2.75, 3.05) is 32.7 Å². The average molecular weight is 401 g/mol. The minimum Gasteiger partial charge on any atom is -0.352 e. The number of rotatable bonds is 5. The summed E-state index contributed by atoms with van der Waals surface area (Å²) in [5.74, 6) is 1.50. The lowest BCUT2D eigenvalue weighted by atomic mass is 9.78. The van der Waals surface area contributed by atoms with E-state index in [1.807, 2.05) is 6.07 Å². The van der Waals surface area contributed by atoms with Crippen molar-refractivity contribution in [2.45, 2.75) is 45.7 Å². The Morgan fingerprint density at radius 3 is 2.68 bits per heavy atom. The Balaban J connectivity index is 1.22. The summed E-state index contributed by atoms with van der Waals surface area (Å²) >= 11 is 1.79. The van der Waals surface area contributed by atoms with Crippen LogP contribution in [0.1, 0.15) is 38.1 Å². The highest BCUT2D eigenvalue weighted by Gasteiger charge is 2.29. The Kier molecular flexibility index (Phi) is 6.28. The zero-order chi connectivity index (χ0) is 19.5. The molecule has 152 valence electrons. The van der Waals surface area contributed by atoms with Crippen LogP contribution in [-0.4, -0.2) is 59.5 Å². The Labute approximate surface area is 172 Å². The summed E-state index contributed by atoms with van der Waals surface area (Å²) in [6.45, 7) is 9.96. The van der Waals surface area contributed by atoms with Gasteiger partial charge in [-0.05, 0) is 30.4 Å². The summed E-state index contributed by atoms with van der Waals surface area (Å²) in [4.78, 5) is 22.0. The number of piperazine rings is 1. The number of hydrogen-bond donors (Lipinski definition) is 1. The van der Waals surface area contributed by atoms with E-state index in [1.54, 1.807) is 11.3 Å². The first-order valence-electron chi connectivity index (χ1n) is 10.7. The van der Waals surface area contributed by atoms with E-state index >= 15 is 0 Å². The second-order valence-electron chi connectivity index (χ2n) is 8.57. The predicted octanol–water partition coefficient (Wildman–Crippen LogP) is 3.35. The topological polar surface area (TPSA) is 48.5 Å². The third-order valence-electron chi connectivity index (χ3n) is 6.58. The molecule has 2 heterocycles. The van der Waals surface area contributed by atoms with Crippen molar-refractivity contribution in [1.29, 1.82) is 0 Å². The van der Waals surface area contributed by atoms with Crippen molar-refractivity contribution in [2.24, 2.45) is 11.8 Å². The number of thiazole rings is 1. The Morgan fingerprint density at radius 2 is 1.89 bits per heavy atom. The van der Waals surface area contributed by atoms with Gasteiger partial charge in [-0.2, -0.15) is 0 Å². The molecule has 0 radical (unpaired) electrons. The van der Waals surface area contributed by atoms with Gasteiger partial charge in [0, 0.05) is 32.2 Å². The van der Waals surface area contributed by atoms with Gasteiger partial charge in [-0.1, -0.05) is 38.8 Å². The summed E-state index contributed by atoms with van der Waals surface area (Å²) in [5, 5.41) is 4.50. The lowest BCUT2D eigenvalue weighted by Gasteiger charge is -2.36. The van der Waals surface area contributed by atoms with Crippen molar-refractivity contribution < 1.29 is 4.79 Å². The molecule has 6 heteroatoms. The number of amides is 1. The minimum absolute atomic E-state index is 0.200. The molecule has 28 heavy (non-hydrogen) atoms. The van der Waals surface area contributed by atoms with E-state index in [1.165, 1.54) is 22.5 Å². The van der Waals surface area contributed by atoms with Crippen LogP contribution in [-0.2, 0) is 11.3 Å². The van der Waals surface area contributed by atoms with Gasteiger partial charge in [0.25, 0.3) is 0 Å². The largest absolute Gasteiger partial charge is 0.352 e. The van der Waals surface area contributed by atoms with E-state index in [2.05, 4.69) is 47.2 Å². The molecule has 0 bridgehead atoms. The monoisotopic (exact) mass is 400 g/mol. The number of carbonyl (C=O) groups excluding carboxylic acids is 1. The molecular weight excluding hydrogens is 368 g/mol. The van der Waals surface area contributed by atoms with Crippen LogP contribution in [0, 0.1) is 11.8 Å². The quantitative estimate of drug-likeness (QED) is 0.836. The molecule has 3 atom stereocenters. The number of fused-ring (bicyclic) bond motifs is 1. The maximum absolute atomic E-state index is 12.5. The molecular formula is C22H32N4OS.